The van der Waals surface area contributed by atoms with Crippen molar-refractivity contribution in [2.45, 2.75) is 37.8 Å². The Balaban J connectivity index is 0.000000330. The predicted octanol–water partition coefficient (Wildman–Crippen LogP) is 3.25. The number of amides is 1. The summed E-state index contributed by atoms with van der Waals surface area (Å²) < 4.78 is 14.4. The highest BCUT2D eigenvalue weighted by Gasteiger charge is 2.23. The molecule has 0 bridgehead atoms. The number of carbonyl (C=O) groups is 1. The van der Waals surface area contributed by atoms with E-state index >= 15 is 0 Å². The molecule has 1 atom stereocenters. The molecule has 1 amide bonds. The predicted molar refractivity (Wildman–Crippen MR) is 139 cm³/mol. The standard InChI is InChI=1S/C20H20N6O2.C5H10O.CH4O/c1-22-18-8-16(24-20-14(19(21)27)9-23-26(18)20)15-10-25(12-6-7-28-11-12)17-5-3-2-4-13(15)17;1-6-5-3-2-4-5;1-2/h2-5,8-10,12,22H,6-7,11H2,1H3,(H2,21,27);5H,2-4H2,1H3;2H,1H3. The van der Waals surface area contributed by atoms with E-state index in [-0.39, 0.29) is 0 Å². The molecule has 1 saturated carbocycles. The molecule has 3 aromatic heterocycles. The molecule has 1 saturated heterocycles. The van der Waals surface area contributed by atoms with Crippen molar-refractivity contribution in [3.63, 3.8) is 0 Å². The maximum absolute atomic E-state index is 11.8. The summed E-state index contributed by atoms with van der Waals surface area (Å²) in [5.41, 5.74) is 9.15. The van der Waals surface area contributed by atoms with Crippen LogP contribution in [0.15, 0.2) is 42.7 Å². The number of anilines is 1. The molecule has 0 radical (unpaired) electrons. The molecule has 1 aliphatic heterocycles. The zero-order chi connectivity index (χ0) is 25.7. The Bertz CT molecular complexity index is 1320. The molecular weight excluding hydrogens is 460 g/mol. The number of benzene rings is 1. The quantitative estimate of drug-likeness (QED) is 0.388. The van der Waals surface area contributed by atoms with E-state index in [1.807, 2.05) is 25.2 Å². The van der Waals surface area contributed by atoms with Crippen LogP contribution < -0.4 is 11.1 Å². The summed E-state index contributed by atoms with van der Waals surface area (Å²) in [4.78, 5) is 16.5. The molecule has 1 aliphatic carbocycles. The molecule has 1 aromatic carbocycles. The topological polar surface area (TPSA) is 129 Å². The lowest BCUT2D eigenvalue weighted by Crippen LogP contribution is -2.18. The molecule has 10 heteroatoms. The third-order valence-electron chi connectivity index (χ3n) is 6.69. The number of para-hydroxylation sites is 1. The molecule has 192 valence electrons. The SMILES string of the molecule is CNc1cc(-c2cn(C3CCOC3)c3ccccc23)nc2c(C(N)=O)cnn12.CO.COC1CCC1. The minimum absolute atomic E-state index is 0.297. The Labute approximate surface area is 210 Å². The minimum Gasteiger partial charge on any atom is -0.400 e. The van der Waals surface area contributed by atoms with Crippen LogP contribution in [0.25, 0.3) is 27.8 Å². The monoisotopic (exact) mass is 494 g/mol. The first-order chi connectivity index (χ1) is 17.6. The van der Waals surface area contributed by atoms with E-state index < -0.39 is 5.91 Å². The normalized spacial score (nSPS) is 17.2. The van der Waals surface area contributed by atoms with Crippen molar-refractivity contribution in [2.75, 3.05) is 39.8 Å². The number of nitrogens with two attached hydrogens (primary N) is 1. The fraction of sp³-hybridized carbons (Fsp3) is 0.423. The molecule has 10 nitrogen and oxygen atoms in total. The van der Waals surface area contributed by atoms with Gasteiger partial charge in [-0.25, -0.2) is 4.98 Å². The first-order valence-electron chi connectivity index (χ1n) is 12.1. The van der Waals surface area contributed by atoms with Crippen LogP contribution >= 0.6 is 0 Å². The molecule has 2 aliphatic rings. The third-order valence-corrected chi connectivity index (χ3v) is 6.69. The number of aliphatic hydroxyl groups excluding tert-OH is 1. The average Bonchev–Trinajstić information content (AvgIpc) is 3.62. The molecule has 36 heavy (non-hydrogen) atoms. The van der Waals surface area contributed by atoms with Gasteiger partial charge in [0.2, 0.25) is 0 Å². The van der Waals surface area contributed by atoms with Crippen LogP contribution in [0.2, 0.25) is 0 Å². The number of nitrogens with one attached hydrogen (secondary N) is 1. The third kappa shape index (κ3) is 4.92. The maximum atomic E-state index is 11.8. The van der Waals surface area contributed by atoms with E-state index in [0.717, 1.165) is 48.1 Å². The highest BCUT2D eigenvalue weighted by atomic mass is 16.5. The summed E-state index contributed by atoms with van der Waals surface area (Å²) in [6, 6.07) is 10.5. The number of primary amides is 1. The van der Waals surface area contributed by atoms with Crippen molar-refractivity contribution < 1.29 is 19.4 Å². The summed E-state index contributed by atoms with van der Waals surface area (Å²) >= 11 is 0. The second-order valence-corrected chi connectivity index (χ2v) is 8.71. The van der Waals surface area contributed by atoms with Crippen LogP contribution in [-0.4, -0.2) is 70.8 Å². The van der Waals surface area contributed by atoms with Gasteiger partial charge in [-0.3, -0.25) is 4.79 Å². The van der Waals surface area contributed by atoms with Crippen molar-refractivity contribution in [1.82, 2.24) is 19.2 Å². The first-order valence-corrected chi connectivity index (χ1v) is 12.1. The number of fused-ring (bicyclic) bond motifs is 2. The molecule has 6 rings (SSSR count). The van der Waals surface area contributed by atoms with Crippen LogP contribution in [0, 0.1) is 0 Å². The summed E-state index contributed by atoms with van der Waals surface area (Å²) in [5, 5.41) is 15.5. The van der Waals surface area contributed by atoms with Crippen molar-refractivity contribution in [1.29, 1.82) is 0 Å². The van der Waals surface area contributed by atoms with E-state index in [9.17, 15) is 4.79 Å². The Hall–Kier alpha value is -3.47. The zero-order valence-corrected chi connectivity index (χ0v) is 21.0. The fourth-order valence-corrected chi connectivity index (χ4v) is 4.51. The van der Waals surface area contributed by atoms with Gasteiger partial charge in [-0.2, -0.15) is 9.61 Å². The maximum Gasteiger partial charge on any atom is 0.254 e. The summed E-state index contributed by atoms with van der Waals surface area (Å²) in [6.07, 6.45) is 9.13. The number of methoxy groups -OCH3 is 1. The Morgan fingerprint density at radius 3 is 2.61 bits per heavy atom. The van der Waals surface area contributed by atoms with E-state index in [1.54, 1.807) is 11.6 Å². The number of ether oxygens (including phenoxy) is 2. The molecule has 0 spiro atoms. The number of hydrogen-bond donors (Lipinski definition) is 3. The Kier molecular flexibility index (Phi) is 8.19. The first kappa shape index (κ1) is 25.6. The van der Waals surface area contributed by atoms with Crippen molar-refractivity contribution in [2.24, 2.45) is 5.73 Å². The van der Waals surface area contributed by atoms with Gasteiger partial charge in [0, 0.05) is 56.6 Å². The number of hydrogen-bond acceptors (Lipinski definition) is 7. The van der Waals surface area contributed by atoms with Crippen LogP contribution in [-0.2, 0) is 9.47 Å². The van der Waals surface area contributed by atoms with Gasteiger partial charge in [0.1, 0.15) is 11.4 Å². The van der Waals surface area contributed by atoms with Gasteiger partial charge in [0.15, 0.2) is 5.65 Å². The lowest BCUT2D eigenvalue weighted by atomic mass is 9.96. The number of nitrogens with zero attached hydrogens (tertiary/aromatic N) is 4. The summed E-state index contributed by atoms with van der Waals surface area (Å²) in [5.74, 6) is 0.181. The number of carbonyl (C=O) groups excluding carboxylic acids is 1. The van der Waals surface area contributed by atoms with Crippen LogP contribution in [0.4, 0.5) is 5.82 Å². The Morgan fingerprint density at radius 1 is 1.25 bits per heavy atom. The number of rotatable bonds is 5. The van der Waals surface area contributed by atoms with Crippen molar-refractivity contribution in [3.8, 4) is 11.3 Å². The van der Waals surface area contributed by atoms with E-state index in [2.05, 4.69) is 33.3 Å². The smallest absolute Gasteiger partial charge is 0.254 e. The highest BCUT2D eigenvalue weighted by Crippen LogP contribution is 2.35. The molecule has 1 unspecified atom stereocenters. The van der Waals surface area contributed by atoms with Crippen molar-refractivity contribution >= 4 is 28.3 Å². The van der Waals surface area contributed by atoms with Gasteiger partial charge < -0.3 is 30.2 Å². The zero-order valence-electron chi connectivity index (χ0n) is 21.0. The van der Waals surface area contributed by atoms with Gasteiger partial charge in [-0.05, 0) is 31.7 Å². The molecule has 2 fully saturated rings. The lowest BCUT2D eigenvalue weighted by Gasteiger charge is -2.22. The van der Waals surface area contributed by atoms with Gasteiger partial charge in [0.25, 0.3) is 5.91 Å². The van der Waals surface area contributed by atoms with Gasteiger partial charge in [-0.1, -0.05) is 18.2 Å². The van der Waals surface area contributed by atoms with Gasteiger partial charge in [0.05, 0.1) is 30.6 Å². The van der Waals surface area contributed by atoms with Crippen LogP contribution in [0.3, 0.4) is 0 Å². The minimum atomic E-state index is -0.549. The second kappa shape index (κ2) is 11.5. The average molecular weight is 495 g/mol. The number of aromatic nitrogens is 4. The summed E-state index contributed by atoms with van der Waals surface area (Å²) in [6.45, 7) is 1.49. The van der Waals surface area contributed by atoms with Gasteiger partial charge >= 0.3 is 0 Å². The molecule has 4 aromatic rings. The molecule has 4 heterocycles. The van der Waals surface area contributed by atoms with Crippen LogP contribution in [0.1, 0.15) is 42.1 Å². The molecule has 4 N–H and O–H groups in total. The second-order valence-electron chi connectivity index (χ2n) is 8.71. The Morgan fingerprint density at radius 2 is 2.03 bits per heavy atom. The fourth-order valence-electron chi connectivity index (χ4n) is 4.51. The van der Waals surface area contributed by atoms with E-state index in [1.165, 1.54) is 25.5 Å². The van der Waals surface area contributed by atoms with Crippen molar-refractivity contribution in [3.05, 3.63) is 48.3 Å². The van der Waals surface area contributed by atoms with E-state index in [0.29, 0.717) is 30.0 Å². The number of aliphatic hydroxyl groups is 1. The van der Waals surface area contributed by atoms with E-state index in [4.69, 9.17) is 25.3 Å². The molecular formula is C26H34N6O4. The highest BCUT2D eigenvalue weighted by molar-refractivity contribution is 6.00. The van der Waals surface area contributed by atoms with Crippen LogP contribution in [0.5, 0.6) is 0 Å². The lowest BCUT2D eigenvalue weighted by molar-refractivity contribution is 0.0412. The van der Waals surface area contributed by atoms with Gasteiger partial charge in [-0.15, -0.1) is 0 Å². The summed E-state index contributed by atoms with van der Waals surface area (Å²) in [7, 11) is 4.59. The largest absolute Gasteiger partial charge is 0.400 e.